The van der Waals surface area contributed by atoms with Crippen molar-refractivity contribution in [1.29, 1.82) is 0 Å². The maximum Gasteiger partial charge on any atom is 0.303 e. The van der Waals surface area contributed by atoms with Gasteiger partial charge in [0.25, 0.3) is 10.1 Å². The van der Waals surface area contributed by atoms with E-state index < -0.39 is 22.2 Å². The molecular formula is C15H22O6S. The molecule has 1 rings (SSSR count). The number of unbranched alkanes of at least 4 members (excludes halogenated alkanes) is 1. The Morgan fingerprint density at radius 1 is 1.45 bits per heavy atom. The molecule has 0 saturated heterocycles. The number of rotatable bonds is 9. The van der Waals surface area contributed by atoms with Gasteiger partial charge in [0.15, 0.2) is 0 Å². The summed E-state index contributed by atoms with van der Waals surface area (Å²) in [6.07, 6.45) is 9.74. The number of aliphatic carboxylic acids is 1. The number of aldehydes is 1. The molecule has 1 aliphatic rings. The smallest absolute Gasteiger partial charge is 0.303 e. The molecule has 22 heavy (non-hydrogen) atoms. The van der Waals surface area contributed by atoms with Crippen LogP contribution in [0.1, 0.15) is 38.5 Å². The van der Waals surface area contributed by atoms with Crippen LogP contribution in [0.5, 0.6) is 0 Å². The molecule has 0 fully saturated rings. The molecule has 0 aromatic rings. The molecule has 124 valence electrons. The van der Waals surface area contributed by atoms with Crippen LogP contribution in [0.25, 0.3) is 0 Å². The predicted octanol–water partition coefficient (Wildman–Crippen LogP) is 2.07. The Labute approximate surface area is 131 Å². The second kappa shape index (κ2) is 8.85. The quantitative estimate of drug-likeness (QED) is 0.301. The summed E-state index contributed by atoms with van der Waals surface area (Å²) in [4.78, 5) is 21.5. The van der Waals surface area contributed by atoms with Gasteiger partial charge in [0.05, 0.1) is 12.4 Å². The van der Waals surface area contributed by atoms with Gasteiger partial charge < -0.3 is 5.11 Å². The maximum absolute atomic E-state index is 11.3. The molecule has 1 aliphatic carbocycles. The van der Waals surface area contributed by atoms with E-state index in [4.69, 9.17) is 9.29 Å². The zero-order valence-electron chi connectivity index (χ0n) is 12.6. The van der Waals surface area contributed by atoms with Gasteiger partial charge in [-0.1, -0.05) is 18.2 Å². The summed E-state index contributed by atoms with van der Waals surface area (Å²) < 4.78 is 27.7. The highest BCUT2D eigenvalue weighted by Crippen LogP contribution is 2.30. The first kappa shape index (κ1) is 18.6. The van der Waals surface area contributed by atoms with Crippen LogP contribution in [0.15, 0.2) is 23.8 Å². The van der Waals surface area contributed by atoms with Crippen molar-refractivity contribution in [3.8, 4) is 0 Å². The van der Waals surface area contributed by atoms with Crippen LogP contribution in [0.4, 0.5) is 0 Å². The van der Waals surface area contributed by atoms with Gasteiger partial charge in [-0.3, -0.25) is 13.8 Å². The van der Waals surface area contributed by atoms with Gasteiger partial charge in [0.1, 0.15) is 6.29 Å². The first-order valence-corrected chi connectivity index (χ1v) is 9.05. The number of hydrogen-bond acceptors (Lipinski definition) is 5. The van der Waals surface area contributed by atoms with Gasteiger partial charge in [-0.25, -0.2) is 0 Å². The number of allylic oxidation sites excluding steroid dienone is 3. The van der Waals surface area contributed by atoms with Gasteiger partial charge in [-0.15, -0.1) is 0 Å². The normalized spacial score (nSPS) is 22.5. The molecule has 0 heterocycles. The lowest BCUT2D eigenvalue weighted by Crippen LogP contribution is -2.30. The predicted molar refractivity (Wildman–Crippen MR) is 81.8 cm³/mol. The van der Waals surface area contributed by atoms with Crippen molar-refractivity contribution in [2.24, 2.45) is 5.92 Å². The van der Waals surface area contributed by atoms with Gasteiger partial charge >= 0.3 is 5.97 Å². The van der Waals surface area contributed by atoms with E-state index in [1.165, 1.54) is 0 Å². The molecule has 0 amide bonds. The summed E-state index contributed by atoms with van der Waals surface area (Å²) in [6.45, 7) is 0. The molecule has 0 bridgehead atoms. The number of carboxylic acid groups (broad SMARTS) is 1. The minimum Gasteiger partial charge on any atom is -0.481 e. The van der Waals surface area contributed by atoms with Crippen molar-refractivity contribution in [2.75, 3.05) is 6.26 Å². The average Bonchev–Trinajstić information content (AvgIpc) is 2.41. The SMILES string of the molecule is CS(=O)(=O)O[C@H]1CCC=C(C=O)[C@H]1CC=CCCCC(=O)O. The Bertz CT molecular complexity index is 546. The van der Waals surface area contributed by atoms with Crippen LogP contribution >= 0.6 is 0 Å². The second-order valence-electron chi connectivity index (χ2n) is 5.34. The Morgan fingerprint density at radius 3 is 2.77 bits per heavy atom. The summed E-state index contributed by atoms with van der Waals surface area (Å²) >= 11 is 0. The summed E-state index contributed by atoms with van der Waals surface area (Å²) in [5.41, 5.74) is 0.565. The molecule has 2 atom stereocenters. The van der Waals surface area contributed by atoms with Gasteiger partial charge in [0.2, 0.25) is 0 Å². The fraction of sp³-hybridized carbons (Fsp3) is 0.600. The number of carboxylic acids is 1. The Morgan fingerprint density at radius 2 is 2.18 bits per heavy atom. The fourth-order valence-corrected chi connectivity index (χ4v) is 3.16. The van der Waals surface area contributed by atoms with Crippen LogP contribution in [-0.4, -0.2) is 38.1 Å². The molecule has 0 aliphatic heterocycles. The summed E-state index contributed by atoms with van der Waals surface area (Å²) in [6, 6.07) is 0. The fourth-order valence-electron chi connectivity index (χ4n) is 2.48. The van der Waals surface area contributed by atoms with Crippen LogP contribution < -0.4 is 0 Å². The first-order chi connectivity index (χ1) is 10.3. The van der Waals surface area contributed by atoms with E-state index in [2.05, 4.69) is 0 Å². The summed E-state index contributed by atoms with van der Waals surface area (Å²) in [7, 11) is -3.57. The third-order valence-corrected chi connectivity index (χ3v) is 4.06. The minimum absolute atomic E-state index is 0.118. The Hall–Kier alpha value is -1.47. The third kappa shape index (κ3) is 7.00. The van der Waals surface area contributed by atoms with Crippen LogP contribution in [0.3, 0.4) is 0 Å². The van der Waals surface area contributed by atoms with E-state index in [1.807, 2.05) is 18.2 Å². The van der Waals surface area contributed by atoms with Crippen molar-refractivity contribution in [2.45, 2.75) is 44.6 Å². The van der Waals surface area contributed by atoms with E-state index in [1.54, 1.807) is 0 Å². The highest BCUT2D eigenvalue weighted by molar-refractivity contribution is 7.86. The average molecular weight is 330 g/mol. The molecular weight excluding hydrogens is 308 g/mol. The first-order valence-electron chi connectivity index (χ1n) is 7.23. The van der Waals surface area contributed by atoms with Crippen molar-refractivity contribution in [3.05, 3.63) is 23.8 Å². The second-order valence-corrected chi connectivity index (χ2v) is 6.94. The van der Waals surface area contributed by atoms with Gasteiger partial charge in [-0.2, -0.15) is 8.42 Å². The lowest BCUT2D eigenvalue weighted by Gasteiger charge is -2.28. The number of carbonyl (C=O) groups is 2. The number of hydrogen-bond donors (Lipinski definition) is 1. The van der Waals surface area contributed by atoms with Crippen LogP contribution in [0, 0.1) is 5.92 Å². The van der Waals surface area contributed by atoms with E-state index in [0.29, 0.717) is 37.7 Å². The minimum atomic E-state index is -3.57. The topological polar surface area (TPSA) is 97.7 Å². The largest absolute Gasteiger partial charge is 0.481 e. The summed E-state index contributed by atoms with van der Waals surface area (Å²) in [5, 5.41) is 8.54. The molecule has 6 nitrogen and oxygen atoms in total. The summed E-state index contributed by atoms with van der Waals surface area (Å²) in [5.74, 6) is -1.11. The van der Waals surface area contributed by atoms with Gasteiger partial charge in [-0.05, 0) is 37.7 Å². The maximum atomic E-state index is 11.3. The zero-order chi connectivity index (χ0) is 16.6. The molecule has 0 radical (unpaired) electrons. The van der Waals surface area contributed by atoms with E-state index in [9.17, 15) is 18.0 Å². The molecule has 1 N–H and O–H groups in total. The molecule has 7 heteroatoms. The lowest BCUT2D eigenvalue weighted by atomic mass is 9.83. The molecule has 0 aromatic carbocycles. The zero-order valence-corrected chi connectivity index (χ0v) is 13.4. The van der Waals surface area contributed by atoms with E-state index >= 15 is 0 Å². The van der Waals surface area contributed by atoms with Crippen molar-refractivity contribution < 1.29 is 27.3 Å². The van der Waals surface area contributed by atoms with Crippen molar-refractivity contribution >= 4 is 22.4 Å². The van der Waals surface area contributed by atoms with Crippen molar-refractivity contribution in [3.63, 3.8) is 0 Å². The monoisotopic (exact) mass is 330 g/mol. The molecule has 0 aromatic heterocycles. The Kier molecular flexibility index (Phi) is 7.47. The highest BCUT2D eigenvalue weighted by atomic mass is 32.2. The van der Waals surface area contributed by atoms with Crippen LogP contribution in [-0.2, 0) is 23.9 Å². The highest BCUT2D eigenvalue weighted by Gasteiger charge is 2.30. The van der Waals surface area contributed by atoms with Gasteiger partial charge in [0, 0.05) is 12.3 Å². The standard InChI is InChI=1S/C15H22O6S/c1-22(19,20)21-14-9-6-7-12(11-16)13(14)8-4-2-3-5-10-15(17)18/h2,4,7,11,13-14H,3,5-6,8-10H2,1H3,(H,17,18)/t13-,14+/m1/s1. The molecule has 0 spiro atoms. The number of carbonyl (C=O) groups excluding carboxylic acids is 1. The van der Waals surface area contributed by atoms with Crippen LogP contribution in [0.2, 0.25) is 0 Å². The van der Waals surface area contributed by atoms with E-state index in [0.717, 1.165) is 12.5 Å². The van der Waals surface area contributed by atoms with E-state index in [-0.39, 0.29) is 12.3 Å². The molecule has 0 unspecified atom stereocenters. The van der Waals surface area contributed by atoms with Crippen molar-refractivity contribution in [1.82, 2.24) is 0 Å². The Balaban J connectivity index is 2.61. The molecule has 0 saturated carbocycles. The third-order valence-electron chi connectivity index (χ3n) is 3.46. The lowest BCUT2D eigenvalue weighted by molar-refractivity contribution is -0.137.